The predicted octanol–water partition coefficient (Wildman–Crippen LogP) is 3.02. The van der Waals surface area contributed by atoms with E-state index in [2.05, 4.69) is 10.3 Å². The monoisotopic (exact) mass is 269 g/mol. The first-order valence-electron chi connectivity index (χ1n) is 5.27. The number of aromatic nitrogens is 2. The second-order valence-corrected chi connectivity index (χ2v) is 4.71. The van der Waals surface area contributed by atoms with Gasteiger partial charge in [-0.05, 0) is 23.8 Å². The molecule has 1 aromatic heterocycles. The highest BCUT2D eigenvalue weighted by Crippen LogP contribution is 2.18. The van der Waals surface area contributed by atoms with Gasteiger partial charge in [0.1, 0.15) is 5.82 Å². The molecule has 1 aromatic carbocycles. The van der Waals surface area contributed by atoms with Crippen molar-refractivity contribution in [1.29, 1.82) is 0 Å². The van der Waals surface area contributed by atoms with Crippen LogP contribution >= 0.6 is 23.2 Å². The minimum atomic E-state index is 0.659. The molecular formula is C12H13Cl2N3. The van der Waals surface area contributed by atoms with Crippen LogP contribution in [0.25, 0.3) is 0 Å². The van der Waals surface area contributed by atoms with Crippen LogP contribution in [0.4, 0.5) is 0 Å². The maximum Gasteiger partial charge on any atom is 0.122 e. The van der Waals surface area contributed by atoms with E-state index >= 15 is 0 Å². The van der Waals surface area contributed by atoms with E-state index in [4.69, 9.17) is 23.2 Å². The lowest BCUT2D eigenvalue weighted by Gasteiger charge is -2.06. The largest absolute Gasteiger partial charge is 0.337 e. The Bertz CT molecular complexity index is 488. The number of hydrogen-bond donors (Lipinski definition) is 1. The van der Waals surface area contributed by atoms with Gasteiger partial charge in [0.15, 0.2) is 0 Å². The molecule has 0 aliphatic rings. The van der Waals surface area contributed by atoms with Crippen molar-refractivity contribution in [2.24, 2.45) is 7.05 Å². The molecule has 0 bridgehead atoms. The lowest BCUT2D eigenvalue weighted by atomic mass is 10.2. The Morgan fingerprint density at radius 1 is 1.18 bits per heavy atom. The number of aryl methyl sites for hydroxylation is 1. The van der Waals surface area contributed by atoms with E-state index in [1.165, 1.54) is 0 Å². The van der Waals surface area contributed by atoms with Crippen molar-refractivity contribution in [2.45, 2.75) is 13.1 Å². The van der Waals surface area contributed by atoms with Crippen LogP contribution in [0.1, 0.15) is 11.4 Å². The quantitative estimate of drug-likeness (QED) is 0.925. The highest BCUT2D eigenvalue weighted by atomic mass is 35.5. The van der Waals surface area contributed by atoms with Crippen molar-refractivity contribution in [2.75, 3.05) is 0 Å². The molecule has 0 radical (unpaired) electrons. The Kier molecular flexibility index (Phi) is 4.05. The van der Waals surface area contributed by atoms with E-state index in [0.29, 0.717) is 23.1 Å². The highest BCUT2D eigenvalue weighted by Gasteiger charge is 2.00. The zero-order valence-electron chi connectivity index (χ0n) is 9.45. The first kappa shape index (κ1) is 12.4. The van der Waals surface area contributed by atoms with E-state index in [9.17, 15) is 0 Å². The Hall–Kier alpha value is -1.03. The van der Waals surface area contributed by atoms with Crippen LogP contribution in [-0.2, 0) is 20.1 Å². The number of benzene rings is 1. The molecule has 0 aliphatic heterocycles. The lowest BCUT2D eigenvalue weighted by molar-refractivity contribution is 0.639. The van der Waals surface area contributed by atoms with Crippen LogP contribution in [0.2, 0.25) is 10.0 Å². The number of halogens is 2. The van der Waals surface area contributed by atoms with Crippen molar-refractivity contribution in [1.82, 2.24) is 14.9 Å². The van der Waals surface area contributed by atoms with Gasteiger partial charge in [-0.1, -0.05) is 23.2 Å². The van der Waals surface area contributed by atoms with Crippen molar-refractivity contribution < 1.29 is 0 Å². The molecule has 0 saturated heterocycles. The third-order valence-electron chi connectivity index (χ3n) is 2.46. The summed E-state index contributed by atoms with van der Waals surface area (Å²) in [5.74, 6) is 0.998. The number of imidazole rings is 1. The van der Waals surface area contributed by atoms with Crippen molar-refractivity contribution in [3.63, 3.8) is 0 Å². The van der Waals surface area contributed by atoms with E-state index < -0.39 is 0 Å². The van der Waals surface area contributed by atoms with Crippen LogP contribution < -0.4 is 5.32 Å². The van der Waals surface area contributed by atoms with Crippen LogP contribution in [0.5, 0.6) is 0 Å². The maximum atomic E-state index is 5.93. The van der Waals surface area contributed by atoms with Gasteiger partial charge in [0.05, 0.1) is 6.54 Å². The first-order chi connectivity index (χ1) is 8.15. The maximum absolute atomic E-state index is 5.93. The molecule has 1 N–H and O–H groups in total. The summed E-state index contributed by atoms with van der Waals surface area (Å²) >= 11 is 11.9. The molecule has 17 heavy (non-hydrogen) atoms. The molecule has 0 atom stereocenters. The number of hydrogen-bond acceptors (Lipinski definition) is 2. The molecule has 5 heteroatoms. The molecule has 2 rings (SSSR count). The summed E-state index contributed by atoms with van der Waals surface area (Å²) < 4.78 is 1.98. The molecule has 2 aromatic rings. The zero-order chi connectivity index (χ0) is 12.3. The summed E-state index contributed by atoms with van der Waals surface area (Å²) in [5.41, 5.74) is 1.07. The fourth-order valence-electron chi connectivity index (χ4n) is 1.60. The van der Waals surface area contributed by atoms with Crippen molar-refractivity contribution >= 4 is 23.2 Å². The van der Waals surface area contributed by atoms with Gasteiger partial charge in [-0.2, -0.15) is 0 Å². The average Bonchev–Trinajstić information content (AvgIpc) is 2.63. The van der Waals surface area contributed by atoms with E-state index in [1.54, 1.807) is 12.3 Å². The Morgan fingerprint density at radius 2 is 1.88 bits per heavy atom. The van der Waals surface area contributed by atoms with Gasteiger partial charge in [0, 0.05) is 36.0 Å². The molecule has 0 saturated carbocycles. The second kappa shape index (κ2) is 5.54. The Balaban J connectivity index is 1.92. The summed E-state index contributed by atoms with van der Waals surface area (Å²) in [6.07, 6.45) is 3.71. The van der Waals surface area contributed by atoms with Crippen molar-refractivity contribution in [3.8, 4) is 0 Å². The van der Waals surface area contributed by atoms with E-state index in [0.717, 1.165) is 11.4 Å². The highest BCUT2D eigenvalue weighted by molar-refractivity contribution is 6.34. The average molecular weight is 270 g/mol. The fraction of sp³-hybridized carbons (Fsp3) is 0.250. The van der Waals surface area contributed by atoms with Crippen LogP contribution in [0.15, 0.2) is 30.6 Å². The zero-order valence-corrected chi connectivity index (χ0v) is 11.0. The van der Waals surface area contributed by atoms with Crippen LogP contribution in [-0.4, -0.2) is 9.55 Å². The van der Waals surface area contributed by atoms with Gasteiger partial charge >= 0.3 is 0 Å². The van der Waals surface area contributed by atoms with Crippen molar-refractivity contribution in [3.05, 3.63) is 52.0 Å². The van der Waals surface area contributed by atoms with Gasteiger partial charge < -0.3 is 9.88 Å². The fourth-order valence-corrected chi connectivity index (χ4v) is 2.17. The first-order valence-corrected chi connectivity index (χ1v) is 6.02. The minimum Gasteiger partial charge on any atom is -0.337 e. The number of rotatable bonds is 4. The van der Waals surface area contributed by atoms with Crippen LogP contribution in [0.3, 0.4) is 0 Å². The van der Waals surface area contributed by atoms with Gasteiger partial charge in [-0.3, -0.25) is 0 Å². The van der Waals surface area contributed by atoms with E-state index in [-0.39, 0.29) is 0 Å². The molecule has 0 spiro atoms. The van der Waals surface area contributed by atoms with Gasteiger partial charge in [0.25, 0.3) is 0 Å². The predicted molar refractivity (Wildman–Crippen MR) is 70.2 cm³/mol. The molecule has 0 aliphatic carbocycles. The summed E-state index contributed by atoms with van der Waals surface area (Å²) in [7, 11) is 1.97. The Labute approximate surface area is 110 Å². The third-order valence-corrected chi connectivity index (χ3v) is 2.89. The Morgan fingerprint density at radius 3 is 2.47 bits per heavy atom. The SMILES string of the molecule is Cn1ccnc1CNCc1cc(Cl)cc(Cl)c1. The normalized spacial score (nSPS) is 10.8. The summed E-state index contributed by atoms with van der Waals surface area (Å²) in [4.78, 5) is 4.23. The standard InChI is InChI=1S/C12H13Cl2N3/c1-17-3-2-16-12(17)8-15-7-9-4-10(13)6-11(14)5-9/h2-6,15H,7-8H2,1H3. The molecule has 0 unspecified atom stereocenters. The summed E-state index contributed by atoms with van der Waals surface area (Å²) in [6.45, 7) is 1.43. The lowest BCUT2D eigenvalue weighted by Crippen LogP contribution is -2.15. The summed E-state index contributed by atoms with van der Waals surface area (Å²) in [5, 5.41) is 4.62. The molecule has 90 valence electrons. The minimum absolute atomic E-state index is 0.659. The molecule has 1 heterocycles. The topological polar surface area (TPSA) is 29.9 Å². The number of nitrogens with zero attached hydrogens (tertiary/aromatic N) is 2. The molecule has 3 nitrogen and oxygen atoms in total. The number of nitrogens with one attached hydrogen (secondary N) is 1. The molecular weight excluding hydrogens is 257 g/mol. The molecule has 0 amide bonds. The van der Waals surface area contributed by atoms with Gasteiger partial charge in [-0.15, -0.1) is 0 Å². The van der Waals surface area contributed by atoms with Crippen LogP contribution in [0, 0.1) is 0 Å². The third kappa shape index (κ3) is 3.46. The van der Waals surface area contributed by atoms with Gasteiger partial charge in [0.2, 0.25) is 0 Å². The van der Waals surface area contributed by atoms with Gasteiger partial charge in [-0.25, -0.2) is 4.98 Å². The van der Waals surface area contributed by atoms with E-state index in [1.807, 2.05) is 29.9 Å². The second-order valence-electron chi connectivity index (χ2n) is 3.84. The summed E-state index contributed by atoms with van der Waals surface area (Å²) in [6, 6.07) is 5.53. The smallest absolute Gasteiger partial charge is 0.122 e. The molecule has 0 fully saturated rings.